The molecule has 0 aliphatic carbocycles. The highest BCUT2D eigenvalue weighted by Crippen LogP contribution is 2.37. The van der Waals surface area contributed by atoms with E-state index in [0.717, 1.165) is 10.6 Å². The highest BCUT2D eigenvalue weighted by molar-refractivity contribution is 7.92. The topological polar surface area (TPSA) is 173 Å². The summed E-state index contributed by atoms with van der Waals surface area (Å²) in [7, 11) is 0.876. The van der Waals surface area contributed by atoms with Crippen LogP contribution in [0.25, 0.3) is 0 Å². The van der Waals surface area contributed by atoms with Crippen LogP contribution in [0.5, 0.6) is 23.0 Å². The van der Waals surface area contributed by atoms with Gasteiger partial charge in [-0.1, -0.05) is 19.9 Å². The van der Waals surface area contributed by atoms with Crippen molar-refractivity contribution in [2.45, 2.75) is 39.3 Å². The van der Waals surface area contributed by atoms with Crippen LogP contribution in [-0.2, 0) is 26.2 Å². The first-order valence-electron chi connectivity index (χ1n) is 16.4. The number of nitrogens with zero attached hydrogens (tertiary/aromatic N) is 2. The predicted molar refractivity (Wildman–Crippen MR) is 192 cm³/mol. The maximum Gasteiger partial charge on any atom is 0.254 e. The van der Waals surface area contributed by atoms with Gasteiger partial charge < -0.3 is 35.1 Å². The van der Waals surface area contributed by atoms with E-state index in [-0.39, 0.29) is 49.3 Å². The number of carbonyl (C=O) groups excluding carboxylic acids is 4. The second kappa shape index (κ2) is 17.1. The normalized spacial score (nSPS) is 16.5. The number of ether oxygens (including phenoxy) is 3. The molecule has 2 bridgehead atoms. The van der Waals surface area contributed by atoms with Crippen LogP contribution in [0, 0.1) is 5.92 Å². The van der Waals surface area contributed by atoms with E-state index in [1.807, 2.05) is 0 Å². The van der Waals surface area contributed by atoms with E-state index in [9.17, 15) is 27.6 Å². The van der Waals surface area contributed by atoms with Crippen LogP contribution in [0.15, 0.2) is 60.7 Å². The smallest absolute Gasteiger partial charge is 0.254 e. The minimum Gasteiger partial charge on any atom is -0.496 e. The quantitative estimate of drug-likeness (QED) is 0.345. The van der Waals surface area contributed by atoms with E-state index in [0.29, 0.717) is 46.9 Å². The summed E-state index contributed by atoms with van der Waals surface area (Å²) >= 11 is 0. The highest BCUT2D eigenvalue weighted by Gasteiger charge is 2.27. The van der Waals surface area contributed by atoms with Crippen LogP contribution < -0.4 is 34.5 Å². The van der Waals surface area contributed by atoms with Crippen molar-refractivity contribution in [2.24, 2.45) is 5.92 Å². The Morgan fingerprint density at radius 3 is 2.29 bits per heavy atom. The van der Waals surface area contributed by atoms with Crippen LogP contribution in [0.3, 0.4) is 0 Å². The van der Waals surface area contributed by atoms with Crippen molar-refractivity contribution in [1.29, 1.82) is 0 Å². The predicted octanol–water partition coefficient (Wildman–Crippen LogP) is 3.31. The maximum absolute atomic E-state index is 13.7. The Morgan fingerprint density at radius 2 is 1.65 bits per heavy atom. The number of hydrogen-bond acceptors (Lipinski definition) is 9. The maximum atomic E-state index is 13.7. The summed E-state index contributed by atoms with van der Waals surface area (Å²) in [6.45, 7) is 3.69. The number of rotatable bonds is 6. The average molecular weight is 724 g/mol. The van der Waals surface area contributed by atoms with Crippen LogP contribution in [0.4, 0.5) is 5.69 Å². The number of nitrogens with one attached hydrogen (secondary N) is 3. The van der Waals surface area contributed by atoms with E-state index in [2.05, 4.69) is 16.0 Å². The van der Waals surface area contributed by atoms with Gasteiger partial charge >= 0.3 is 0 Å². The molecule has 0 aromatic heterocycles. The number of sulfonamides is 1. The lowest BCUT2D eigenvalue weighted by molar-refractivity contribution is -0.130. The summed E-state index contributed by atoms with van der Waals surface area (Å²) in [6.07, 6.45) is 2.00. The summed E-state index contributed by atoms with van der Waals surface area (Å²) in [5, 5.41) is 8.55. The van der Waals surface area contributed by atoms with Gasteiger partial charge in [0.25, 0.3) is 11.8 Å². The summed E-state index contributed by atoms with van der Waals surface area (Å²) in [4.78, 5) is 55.2. The first-order valence-corrected chi connectivity index (χ1v) is 18.3. The molecule has 4 amide bonds. The fraction of sp³-hybridized carbons (Fsp3) is 0.389. The van der Waals surface area contributed by atoms with Gasteiger partial charge in [-0.25, -0.2) is 8.42 Å². The molecular weight excluding hydrogens is 678 g/mol. The Kier molecular flexibility index (Phi) is 12.9. The highest BCUT2D eigenvalue weighted by atomic mass is 32.2. The van der Waals surface area contributed by atoms with Crippen molar-refractivity contribution in [3.8, 4) is 23.0 Å². The Morgan fingerprint density at radius 1 is 0.941 bits per heavy atom. The van der Waals surface area contributed by atoms with Gasteiger partial charge in [-0.2, -0.15) is 0 Å². The third kappa shape index (κ3) is 9.90. The first-order chi connectivity index (χ1) is 24.2. The molecule has 3 aromatic carbocycles. The van der Waals surface area contributed by atoms with Crippen LogP contribution in [-0.4, -0.2) is 90.1 Å². The molecule has 0 spiro atoms. The molecule has 15 heteroatoms. The molecule has 4 rings (SSSR count). The number of anilines is 1. The van der Waals surface area contributed by atoms with Crippen LogP contribution in [0.2, 0.25) is 0 Å². The minimum absolute atomic E-state index is 0.0190. The van der Waals surface area contributed by atoms with Crippen molar-refractivity contribution in [2.75, 3.05) is 51.5 Å². The Bertz CT molecular complexity index is 1850. The van der Waals surface area contributed by atoms with Gasteiger partial charge in [0.2, 0.25) is 21.8 Å². The lowest BCUT2D eigenvalue weighted by Crippen LogP contribution is -2.52. The molecule has 3 aromatic rings. The Labute approximate surface area is 298 Å². The summed E-state index contributed by atoms with van der Waals surface area (Å²) in [5.74, 6) is -0.642. The van der Waals surface area contributed by atoms with Crippen molar-refractivity contribution in [3.05, 3.63) is 77.4 Å². The molecular formula is C36H45N5O9S. The van der Waals surface area contributed by atoms with E-state index in [1.54, 1.807) is 50.2 Å². The molecule has 0 saturated carbocycles. The van der Waals surface area contributed by atoms with Gasteiger partial charge in [-0.3, -0.25) is 23.5 Å². The van der Waals surface area contributed by atoms with Gasteiger partial charge in [0.15, 0.2) is 11.5 Å². The molecule has 274 valence electrons. The fourth-order valence-corrected chi connectivity index (χ4v) is 5.91. The average Bonchev–Trinajstić information content (AvgIpc) is 3.10. The van der Waals surface area contributed by atoms with Gasteiger partial charge in [-0.05, 0) is 73.4 Å². The molecule has 1 heterocycles. The van der Waals surface area contributed by atoms with Crippen molar-refractivity contribution in [3.63, 3.8) is 0 Å². The number of benzene rings is 3. The van der Waals surface area contributed by atoms with Gasteiger partial charge in [0, 0.05) is 31.3 Å². The third-order valence-corrected chi connectivity index (χ3v) is 9.60. The fourth-order valence-electron chi connectivity index (χ4n) is 5.41. The molecule has 14 nitrogen and oxygen atoms in total. The van der Waals surface area contributed by atoms with E-state index < -0.39 is 33.8 Å². The molecule has 51 heavy (non-hydrogen) atoms. The number of fused-ring (bicyclic) bond motifs is 3. The van der Waals surface area contributed by atoms with Crippen LogP contribution >= 0.6 is 0 Å². The summed E-state index contributed by atoms with van der Waals surface area (Å²) in [5.41, 5.74) is 1.46. The van der Waals surface area contributed by atoms with Gasteiger partial charge in [-0.15, -0.1) is 0 Å². The Balaban J connectivity index is 1.65. The molecule has 1 aliphatic heterocycles. The lowest BCUT2D eigenvalue weighted by Gasteiger charge is -2.26. The van der Waals surface area contributed by atoms with Crippen molar-refractivity contribution >= 4 is 39.3 Å². The Hall–Kier alpha value is -5.31. The largest absolute Gasteiger partial charge is 0.496 e. The van der Waals surface area contributed by atoms with Crippen LogP contribution in [0.1, 0.15) is 53.0 Å². The molecule has 3 N–H and O–H groups in total. The molecule has 1 aliphatic rings. The third-order valence-electron chi connectivity index (χ3n) is 8.40. The zero-order chi connectivity index (χ0) is 37.3. The first kappa shape index (κ1) is 38.5. The van der Waals surface area contributed by atoms with E-state index in [1.165, 1.54) is 50.4 Å². The monoisotopic (exact) mass is 723 g/mol. The molecule has 0 fully saturated rings. The van der Waals surface area contributed by atoms with E-state index in [4.69, 9.17) is 14.2 Å². The van der Waals surface area contributed by atoms with Gasteiger partial charge in [0.1, 0.15) is 17.5 Å². The second-order valence-electron chi connectivity index (χ2n) is 12.4. The number of amides is 4. The minimum atomic E-state index is -3.51. The second-order valence-corrected chi connectivity index (χ2v) is 14.4. The zero-order valence-electron chi connectivity index (χ0n) is 29.6. The van der Waals surface area contributed by atoms with Crippen molar-refractivity contribution < 1.29 is 41.8 Å². The number of carbonyl (C=O) groups is 4. The van der Waals surface area contributed by atoms with Crippen molar-refractivity contribution in [1.82, 2.24) is 20.9 Å². The van der Waals surface area contributed by atoms with Gasteiger partial charge in [0.05, 0.1) is 44.8 Å². The molecule has 1 atom stereocenters. The van der Waals surface area contributed by atoms with E-state index >= 15 is 0 Å². The number of hydrogen-bond donors (Lipinski definition) is 3. The summed E-state index contributed by atoms with van der Waals surface area (Å²) in [6, 6.07) is 15.1. The molecule has 0 unspecified atom stereocenters. The molecule has 0 radical (unpaired) electrons. The summed E-state index contributed by atoms with van der Waals surface area (Å²) < 4.78 is 42.4. The zero-order valence-corrected chi connectivity index (χ0v) is 30.5. The number of methoxy groups -OCH3 is 2. The standard InChI is InChI=1S/C36H45N5O9S/c1-23(2)33-35(44)38-21-27-28(48-4)10-9-11-29(27)50-31-20-25(14-17-30(31)49-5)34(43)37-18-7-8-19-41(22-32(42)39-33)36(45)24-12-15-26(16-13-24)40(3)51(6,46)47/h9-17,20,23,33H,7-8,18-19,21-22H2,1-6H3,(H,37,43)(H,38,44)(H,39,42)/t33-/m1/s1. The lowest BCUT2D eigenvalue weighted by atomic mass is 10.0. The SMILES string of the molecule is COc1ccc2cc1Oc1cccc(OC)c1CNC(=O)[C@@H](C(C)C)NC(=O)CN(C(=O)c1ccc(N(C)S(C)(=O)=O)cc1)CCCCNC2=O. The molecule has 0 saturated heterocycles.